The van der Waals surface area contributed by atoms with Gasteiger partial charge in [-0.3, -0.25) is 4.79 Å². The quantitative estimate of drug-likeness (QED) is 0.121. The highest BCUT2D eigenvalue weighted by Crippen LogP contribution is 2.61. The predicted molar refractivity (Wildman–Crippen MR) is 192 cm³/mol. The maximum Gasteiger partial charge on any atom is 0.252 e. The van der Waals surface area contributed by atoms with Crippen molar-refractivity contribution in [1.29, 1.82) is 0 Å². The van der Waals surface area contributed by atoms with Crippen molar-refractivity contribution in [2.75, 3.05) is 19.7 Å². The summed E-state index contributed by atoms with van der Waals surface area (Å²) in [6.07, 6.45) is 13.2. The highest BCUT2D eigenvalue weighted by molar-refractivity contribution is 6.10. The molecule has 3 aliphatic carbocycles. The maximum absolute atomic E-state index is 14.2. The lowest BCUT2D eigenvalue weighted by atomic mass is 9.55. The molecule has 2 heterocycles. The Morgan fingerprint density at radius 1 is 0.980 bits per heavy atom. The van der Waals surface area contributed by atoms with Crippen molar-refractivity contribution in [3.8, 4) is 17.0 Å². The van der Waals surface area contributed by atoms with Crippen LogP contribution in [0.5, 0.6) is 5.75 Å². The monoisotopic (exact) mass is 663 g/mol. The number of hydrogen-bond donors (Lipinski definition) is 4. The predicted octanol–water partition coefficient (Wildman–Crippen LogP) is 8.56. The van der Waals surface area contributed by atoms with Gasteiger partial charge < -0.3 is 25.5 Å². The summed E-state index contributed by atoms with van der Waals surface area (Å²) in [5, 5.41) is 17.3. The second-order valence-electron chi connectivity index (χ2n) is 15.4. The van der Waals surface area contributed by atoms with E-state index in [1.165, 1.54) is 73.8 Å². The molecule has 2 fully saturated rings. The molecule has 4 aliphatic rings. The molecule has 0 spiro atoms. The SMILES string of the molecule is C[C@]12CC[C@@H]3c4ccc(O)cc4CC[C@H]3[C@@H]1CC[C@@H]2OCCCCCCNCc1ccc(-c2[nH]c3cc(F)cc4c3c2CCNC4=O)cc1. The van der Waals surface area contributed by atoms with Crippen LogP contribution in [0.2, 0.25) is 0 Å². The van der Waals surface area contributed by atoms with Crippen LogP contribution in [-0.4, -0.2) is 41.8 Å². The number of aryl methyl sites for hydroxylation is 1. The fourth-order valence-electron chi connectivity index (χ4n) is 10.2. The van der Waals surface area contributed by atoms with Gasteiger partial charge in [-0.05, 0) is 140 Å². The Morgan fingerprint density at radius 3 is 2.71 bits per heavy atom. The molecule has 6 nitrogen and oxygen atoms in total. The van der Waals surface area contributed by atoms with Gasteiger partial charge in [0.05, 0.1) is 11.7 Å². The van der Waals surface area contributed by atoms with Crippen LogP contribution in [0.3, 0.4) is 0 Å². The van der Waals surface area contributed by atoms with Gasteiger partial charge in [-0.15, -0.1) is 0 Å². The van der Waals surface area contributed by atoms with Gasteiger partial charge in [0.25, 0.3) is 5.91 Å². The van der Waals surface area contributed by atoms with Crippen LogP contribution in [0.25, 0.3) is 22.2 Å². The van der Waals surface area contributed by atoms with Crippen molar-refractivity contribution in [2.45, 2.75) is 96.1 Å². The van der Waals surface area contributed by atoms with E-state index < -0.39 is 5.82 Å². The minimum atomic E-state index is -0.404. The Balaban J connectivity index is 0.755. The number of phenols is 1. The number of hydrogen-bond acceptors (Lipinski definition) is 4. The van der Waals surface area contributed by atoms with Gasteiger partial charge in [0.2, 0.25) is 0 Å². The van der Waals surface area contributed by atoms with Crippen molar-refractivity contribution in [3.63, 3.8) is 0 Å². The molecule has 3 aromatic carbocycles. The van der Waals surface area contributed by atoms with Crippen LogP contribution >= 0.6 is 0 Å². The van der Waals surface area contributed by atoms with Crippen molar-refractivity contribution in [2.24, 2.45) is 17.3 Å². The number of carbonyl (C=O) groups is 1. The molecular formula is C42H50FN3O3. The largest absolute Gasteiger partial charge is 0.508 e. The van der Waals surface area contributed by atoms with Crippen molar-refractivity contribution in [1.82, 2.24) is 15.6 Å². The second-order valence-corrected chi connectivity index (χ2v) is 15.4. The first-order chi connectivity index (χ1) is 23.9. The number of benzene rings is 3. The summed E-state index contributed by atoms with van der Waals surface area (Å²) in [6.45, 7) is 5.76. The van der Waals surface area contributed by atoms with Crippen LogP contribution < -0.4 is 10.6 Å². The molecule has 8 rings (SSSR count). The minimum absolute atomic E-state index is 0.215. The summed E-state index contributed by atoms with van der Waals surface area (Å²) < 4.78 is 20.9. The molecule has 0 saturated heterocycles. The van der Waals surface area contributed by atoms with Gasteiger partial charge in [-0.25, -0.2) is 4.39 Å². The molecule has 0 bridgehead atoms. The zero-order chi connectivity index (χ0) is 33.5. The topological polar surface area (TPSA) is 86.4 Å². The van der Waals surface area contributed by atoms with Crippen molar-refractivity contribution < 1.29 is 19.0 Å². The van der Waals surface area contributed by atoms with Gasteiger partial charge >= 0.3 is 0 Å². The standard InChI is InChI=1S/C42H50FN3O3/c1-42-18-16-32-31-13-11-30(47)22-28(31)10-12-33(32)36(42)14-15-38(42)49-21-5-3-2-4-19-44-25-26-6-8-27(9-7-26)40-34-17-20-45-41(48)35-23-29(43)24-37(46-40)39(34)35/h6-9,11,13,22-24,32-33,36,38,44,46-47H,2-5,10,12,14-21,25H2,1H3,(H,45,48)/t32-,33-,36+,38+,42+/m1/s1. The number of unbranched alkanes of at least 4 members (excludes halogenated alkanes) is 3. The van der Waals surface area contributed by atoms with E-state index in [1.807, 2.05) is 12.1 Å². The van der Waals surface area contributed by atoms with E-state index >= 15 is 0 Å². The first-order valence-corrected chi connectivity index (χ1v) is 18.7. The number of nitrogens with one attached hydrogen (secondary N) is 3. The molecule has 4 aromatic rings. The van der Waals surface area contributed by atoms with E-state index in [2.05, 4.69) is 52.9 Å². The fourth-order valence-corrected chi connectivity index (χ4v) is 10.2. The molecule has 49 heavy (non-hydrogen) atoms. The summed E-state index contributed by atoms with van der Waals surface area (Å²) >= 11 is 0. The number of halogens is 1. The molecule has 7 heteroatoms. The van der Waals surface area contributed by atoms with Crippen molar-refractivity contribution >= 4 is 16.8 Å². The third-order valence-electron chi connectivity index (χ3n) is 12.6. The summed E-state index contributed by atoms with van der Waals surface area (Å²) in [5.74, 6) is 1.97. The van der Waals surface area contributed by atoms with Crippen LogP contribution in [0.15, 0.2) is 54.6 Å². The number of phenolic OH excluding ortho intramolecular Hbond substituents is 1. The van der Waals surface area contributed by atoms with Crippen molar-refractivity contribution in [3.05, 3.63) is 88.2 Å². The van der Waals surface area contributed by atoms with Crippen LogP contribution in [-0.2, 0) is 24.1 Å². The number of aromatic nitrogens is 1. The highest BCUT2D eigenvalue weighted by atomic mass is 19.1. The lowest BCUT2D eigenvalue weighted by Crippen LogP contribution is -2.44. The highest BCUT2D eigenvalue weighted by Gasteiger charge is 2.55. The first kappa shape index (κ1) is 32.5. The molecule has 258 valence electrons. The van der Waals surface area contributed by atoms with Crippen LogP contribution in [0, 0.1) is 23.1 Å². The van der Waals surface area contributed by atoms with E-state index in [1.54, 1.807) is 0 Å². The third kappa shape index (κ3) is 6.18. The smallest absolute Gasteiger partial charge is 0.252 e. The summed E-state index contributed by atoms with van der Waals surface area (Å²) in [7, 11) is 0. The zero-order valence-electron chi connectivity index (χ0n) is 28.8. The molecular weight excluding hydrogens is 613 g/mol. The number of rotatable bonds is 11. The zero-order valence-corrected chi connectivity index (χ0v) is 28.8. The fraction of sp³-hybridized carbons (Fsp3) is 0.500. The number of ether oxygens (including phenoxy) is 1. The molecule has 2 saturated carbocycles. The number of amides is 1. The summed E-state index contributed by atoms with van der Waals surface area (Å²) in [4.78, 5) is 15.9. The van der Waals surface area contributed by atoms with Gasteiger partial charge in [-0.2, -0.15) is 0 Å². The Labute approximate surface area is 289 Å². The van der Waals surface area contributed by atoms with E-state index in [0.29, 0.717) is 47.2 Å². The lowest BCUT2D eigenvalue weighted by Gasteiger charge is -2.50. The molecule has 4 N–H and O–H groups in total. The normalized spacial score (nSPS) is 25.8. The summed E-state index contributed by atoms with van der Waals surface area (Å²) in [6, 6.07) is 17.5. The number of carbonyl (C=O) groups excluding carboxylic acids is 1. The van der Waals surface area contributed by atoms with Crippen LogP contribution in [0.1, 0.15) is 103 Å². The minimum Gasteiger partial charge on any atom is -0.508 e. The average Bonchev–Trinajstić information content (AvgIpc) is 3.58. The average molecular weight is 664 g/mol. The second kappa shape index (κ2) is 13.6. The Hall–Kier alpha value is -3.68. The molecule has 1 aromatic heterocycles. The van der Waals surface area contributed by atoms with E-state index in [9.17, 15) is 14.3 Å². The van der Waals surface area contributed by atoms with Crippen LogP contribution in [0.4, 0.5) is 4.39 Å². The third-order valence-corrected chi connectivity index (χ3v) is 12.6. The molecule has 5 atom stereocenters. The number of fused-ring (bicyclic) bond motifs is 5. The number of H-pyrrole nitrogens is 1. The number of aromatic hydroxyl groups is 1. The Morgan fingerprint density at radius 2 is 1.84 bits per heavy atom. The summed E-state index contributed by atoms with van der Waals surface area (Å²) in [5.41, 5.74) is 8.59. The van der Waals surface area contributed by atoms with E-state index in [-0.39, 0.29) is 5.91 Å². The maximum atomic E-state index is 14.2. The first-order valence-electron chi connectivity index (χ1n) is 18.7. The van der Waals surface area contributed by atoms with Gasteiger partial charge in [0.15, 0.2) is 0 Å². The lowest BCUT2D eigenvalue weighted by molar-refractivity contribution is -0.0647. The van der Waals surface area contributed by atoms with E-state index in [4.69, 9.17) is 4.74 Å². The Kier molecular flexibility index (Phi) is 9.00. The Bertz CT molecular complexity index is 1830. The van der Waals surface area contributed by atoms with E-state index in [0.717, 1.165) is 73.0 Å². The molecule has 0 unspecified atom stereocenters. The van der Waals surface area contributed by atoms with Gasteiger partial charge in [0.1, 0.15) is 11.6 Å². The molecule has 1 aliphatic heterocycles. The van der Waals surface area contributed by atoms with Gasteiger partial charge in [-0.1, -0.05) is 50.1 Å². The van der Waals surface area contributed by atoms with Gasteiger partial charge in [0, 0.05) is 36.3 Å². The molecule has 0 radical (unpaired) electrons. The molecule has 1 amide bonds. The number of aromatic amines is 1.